The highest BCUT2D eigenvalue weighted by molar-refractivity contribution is 5.39. The van der Waals surface area contributed by atoms with E-state index in [-0.39, 0.29) is 18.1 Å². The first kappa shape index (κ1) is 13.0. The molecule has 16 heavy (non-hydrogen) atoms. The Labute approximate surface area is 98.3 Å². The normalized spacial score (nSPS) is 11.9. The summed E-state index contributed by atoms with van der Waals surface area (Å²) in [6, 6.07) is 6.11. The third kappa shape index (κ3) is 2.99. The number of aliphatic hydroxyl groups excluding tert-OH is 1. The van der Waals surface area contributed by atoms with E-state index < -0.39 is 0 Å². The third-order valence-electron chi connectivity index (χ3n) is 2.71. The van der Waals surface area contributed by atoms with Crippen LogP contribution < -0.4 is 4.74 Å². The third-order valence-corrected chi connectivity index (χ3v) is 2.71. The molecule has 0 saturated heterocycles. The zero-order valence-corrected chi connectivity index (χ0v) is 10.9. The van der Waals surface area contributed by atoms with Gasteiger partial charge in [-0.3, -0.25) is 0 Å². The highest BCUT2D eigenvalue weighted by Gasteiger charge is 2.20. The van der Waals surface area contributed by atoms with Crippen molar-refractivity contribution in [3.05, 3.63) is 29.3 Å². The van der Waals surface area contributed by atoms with Crippen molar-refractivity contribution in [2.24, 2.45) is 0 Å². The molecular weight excluding hydrogens is 200 g/mol. The van der Waals surface area contributed by atoms with Gasteiger partial charge in [-0.15, -0.1) is 0 Å². The summed E-state index contributed by atoms with van der Waals surface area (Å²) in [5.41, 5.74) is 2.07. The summed E-state index contributed by atoms with van der Waals surface area (Å²) in [5, 5.41) is 9.32. The van der Waals surface area contributed by atoms with Crippen LogP contribution in [-0.2, 0) is 5.41 Å². The van der Waals surface area contributed by atoms with Gasteiger partial charge in [0.15, 0.2) is 0 Å². The van der Waals surface area contributed by atoms with Gasteiger partial charge in [-0.25, -0.2) is 0 Å². The molecule has 0 aliphatic heterocycles. The quantitative estimate of drug-likeness (QED) is 0.848. The van der Waals surface area contributed by atoms with Crippen molar-refractivity contribution in [3.8, 4) is 5.75 Å². The maximum atomic E-state index is 9.32. The maximum Gasteiger partial charge on any atom is 0.122 e. The second-order valence-corrected chi connectivity index (χ2v) is 5.19. The van der Waals surface area contributed by atoms with Crippen LogP contribution in [0.3, 0.4) is 0 Å². The van der Waals surface area contributed by atoms with Gasteiger partial charge in [0.25, 0.3) is 0 Å². The molecule has 0 aliphatic carbocycles. The highest BCUT2D eigenvalue weighted by Crippen LogP contribution is 2.28. The van der Waals surface area contributed by atoms with Crippen LogP contribution >= 0.6 is 0 Å². The van der Waals surface area contributed by atoms with Crippen LogP contribution in [0.25, 0.3) is 0 Å². The van der Waals surface area contributed by atoms with Crippen LogP contribution in [0, 0.1) is 6.92 Å². The Balaban J connectivity index is 2.99. The van der Waals surface area contributed by atoms with E-state index in [9.17, 15) is 5.11 Å². The Kier molecular flexibility index (Phi) is 3.98. The van der Waals surface area contributed by atoms with Crippen molar-refractivity contribution >= 4 is 0 Å². The van der Waals surface area contributed by atoms with E-state index in [1.165, 1.54) is 0 Å². The summed E-state index contributed by atoms with van der Waals surface area (Å²) in [6.07, 6.45) is 0.190. The number of ether oxygens (including phenoxy) is 1. The van der Waals surface area contributed by atoms with Gasteiger partial charge in [-0.05, 0) is 38.0 Å². The topological polar surface area (TPSA) is 29.5 Å². The van der Waals surface area contributed by atoms with Gasteiger partial charge in [0, 0.05) is 5.41 Å². The smallest absolute Gasteiger partial charge is 0.122 e. The Bertz CT molecular complexity index is 354. The van der Waals surface area contributed by atoms with E-state index in [1.807, 2.05) is 46.8 Å². The molecule has 0 bridgehead atoms. The van der Waals surface area contributed by atoms with Gasteiger partial charge in [0.2, 0.25) is 0 Å². The van der Waals surface area contributed by atoms with Crippen molar-refractivity contribution in [2.75, 3.05) is 6.61 Å². The predicted molar refractivity (Wildman–Crippen MR) is 67.1 cm³/mol. The number of rotatable bonds is 4. The van der Waals surface area contributed by atoms with Crippen LogP contribution in [0.1, 0.15) is 38.8 Å². The van der Waals surface area contributed by atoms with Crippen molar-refractivity contribution in [1.82, 2.24) is 0 Å². The number of hydrogen-bond donors (Lipinski definition) is 1. The molecule has 0 heterocycles. The van der Waals surface area contributed by atoms with E-state index >= 15 is 0 Å². The SMILES string of the molecule is Cc1cc(C(C)(C)CO)ccc1OC(C)C. The summed E-state index contributed by atoms with van der Waals surface area (Å²) >= 11 is 0. The average molecular weight is 222 g/mol. The van der Waals surface area contributed by atoms with E-state index in [4.69, 9.17) is 4.74 Å². The molecular formula is C14H22O2. The summed E-state index contributed by atoms with van der Waals surface area (Å²) in [7, 11) is 0. The molecule has 90 valence electrons. The average Bonchev–Trinajstić information content (AvgIpc) is 2.20. The summed E-state index contributed by atoms with van der Waals surface area (Å²) in [5.74, 6) is 0.924. The fourth-order valence-corrected chi connectivity index (χ4v) is 1.55. The lowest BCUT2D eigenvalue weighted by Gasteiger charge is -2.23. The molecule has 2 heteroatoms. The lowest BCUT2D eigenvalue weighted by Crippen LogP contribution is -2.22. The minimum Gasteiger partial charge on any atom is -0.491 e. The Morgan fingerprint density at radius 3 is 2.38 bits per heavy atom. The second kappa shape index (κ2) is 4.88. The molecule has 1 aromatic carbocycles. The molecule has 2 nitrogen and oxygen atoms in total. The summed E-state index contributed by atoms with van der Waals surface area (Å²) < 4.78 is 5.68. The van der Waals surface area contributed by atoms with Gasteiger partial charge in [-0.1, -0.05) is 26.0 Å². The minimum absolute atomic E-state index is 0.150. The molecule has 0 atom stereocenters. The molecule has 1 aromatic rings. The first-order chi connectivity index (χ1) is 7.36. The lowest BCUT2D eigenvalue weighted by molar-refractivity contribution is 0.217. The van der Waals surface area contributed by atoms with Gasteiger partial charge >= 0.3 is 0 Å². The van der Waals surface area contributed by atoms with Gasteiger partial charge in [-0.2, -0.15) is 0 Å². The van der Waals surface area contributed by atoms with Crippen LogP contribution in [0.5, 0.6) is 5.75 Å². The van der Waals surface area contributed by atoms with Crippen LogP contribution in [-0.4, -0.2) is 17.8 Å². The maximum absolute atomic E-state index is 9.32. The zero-order chi connectivity index (χ0) is 12.3. The van der Waals surface area contributed by atoms with Crippen molar-refractivity contribution in [3.63, 3.8) is 0 Å². The Morgan fingerprint density at radius 1 is 1.31 bits per heavy atom. The van der Waals surface area contributed by atoms with E-state index in [1.54, 1.807) is 0 Å². The largest absolute Gasteiger partial charge is 0.491 e. The summed E-state index contributed by atoms with van der Waals surface area (Å²) in [4.78, 5) is 0. The van der Waals surface area contributed by atoms with Crippen LogP contribution in [0.4, 0.5) is 0 Å². The number of benzene rings is 1. The second-order valence-electron chi connectivity index (χ2n) is 5.19. The molecule has 0 spiro atoms. The Morgan fingerprint density at radius 2 is 1.94 bits per heavy atom. The Hall–Kier alpha value is -1.02. The first-order valence-corrected chi connectivity index (χ1v) is 5.75. The monoisotopic (exact) mass is 222 g/mol. The standard InChI is InChI=1S/C14H22O2/c1-10(2)16-13-7-6-12(8-11(13)3)14(4,5)9-15/h6-8,10,15H,9H2,1-5H3. The van der Waals surface area contributed by atoms with Crippen LogP contribution in [0.2, 0.25) is 0 Å². The molecule has 0 amide bonds. The number of aryl methyl sites for hydroxylation is 1. The molecule has 0 radical (unpaired) electrons. The van der Waals surface area contributed by atoms with Crippen molar-refractivity contribution < 1.29 is 9.84 Å². The highest BCUT2D eigenvalue weighted by atomic mass is 16.5. The minimum atomic E-state index is -0.193. The molecule has 0 unspecified atom stereocenters. The van der Waals surface area contributed by atoms with Crippen molar-refractivity contribution in [1.29, 1.82) is 0 Å². The first-order valence-electron chi connectivity index (χ1n) is 5.75. The zero-order valence-electron chi connectivity index (χ0n) is 10.9. The van der Waals surface area contributed by atoms with Gasteiger partial charge < -0.3 is 9.84 Å². The summed E-state index contributed by atoms with van der Waals surface area (Å²) in [6.45, 7) is 10.3. The fourth-order valence-electron chi connectivity index (χ4n) is 1.55. The number of hydrogen-bond acceptors (Lipinski definition) is 2. The predicted octanol–water partition coefficient (Wildman–Crippen LogP) is 3.05. The molecule has 0 aromatic heterocycles. The van der Waals surface area contributed by atoms with Gasteiger partial charge in [0.05, 0.1) is 12.7 Å². The van der Waals surface area contributed by atoms with E-state index in [0.717, 1.165) is 16.9 Å². The van der Waals surface area contributed by atoms with Crippen LogP contribution in [0.15, 0.2) is 18.2 Å². The lowest BCUT2D eigenvalue weighted by atomic mass is 9.85. The molecule has 0 fully saturated rings. The van der Waals surface area contributed by atoms with Crippen molar-refractivity contribution in [2.45, 2.75) is 46.1 Å². The molecule has 0 aliphatic rings. The molecule has 0 saturated carbocycles. The van der Waals surface area contributed by atoms with E-state index in [2.05, 4.69) is 6.07 Å². The molecule has 1 rings (SSSR count). The van der Waals surface area contributed by atoms with E-state index in [0.29, 0.717) is 0 Å². The van der Waals surface area contributed by atoms with Gasteiger partial charge in [0.1, 0.15) is 5.75 Å². The molecule has 1 N–H and O–H groups in total. The number of aliphatic hydroxyl groups is 1. The fraction of sp³-hybridized carbons (Fsp3) is 0.571.